The monoisotopic (exact) mass is 115 g/mol. The van der Waals surface area contributed by atoms with Crippen LogP contribution in [0, 0.1) is 0 Å². The van der Waals surface area contributed by atoms with Crippen molar-refractivity contribution in [2.24, 2.45) is 5.11 Å². The van der Waals surface area contributed by atoms with Crippen molar-refractivity contribution in [3.8, 4) is 0 Å². The molecule has 0 rings (SSSR count). The van der Waals surface area contributed by atoms with E-state index in [1.165, 1.54) is 0 Å². The highest BCUT2D eigenvalue weighted by Crippen LogP contribution is 1.89. The summed E-state index contributed by atoms with van der Waals surface area (Å²) in [4.78, 5) is 0. The average Bonchev–Trinajstić information content (AvgIpc) is 1.68. The molecule has 4 nitrogen and oxygen atoms in total. The molecule has 0 amide bonds. The largest absolute Gasteiger partial charge is 0.707 e. The Morgan fingerprint density at radius 1 is 2.00 bits per heavy atom. The quantitative estimate of drug-likeness (QED) is 0.446. The van der Waals surface area contributed by atoms with Gasteiger partial charge in [0.2, 0.25) is 0 Å². The lowest BCUT2D eigenvalue weighted by Gasteiger charge is -1.97. The molecule has 0 saturated heterocycles. The number of ether oxygens (including phenoxy) is 1. The van der Waals surface area contributed by atoms with Gasteiger partial charge in [0.05, 0.1) is 12.8 Å². The predicted molar refractivity (Wildman–Crippen MR) is 28.1 cm³/mol. The standard InChI is InChI=1S/C4H7N2O2/c1-2-8-4(7)3-6-5/h3,7H,2H2,1H3/q-1/b4-3-. The Morgan fingerprint density at radius 2 is 2.62 bits per heavy atom. The van der Waals surface area contributed by atoms with Crippen LogP contribution in [0.1, 0.15) is 6.92 Å². The van der Waals surface area contributed by atoms with Crippen molar-refractivity contribution in [3.05, 3.63) is 17.7 Å². The lowest BCUT2D eigenvalue weighted by atomic mass is 10.8. The minimum atomic E-state index is -0.380. The van der Waals surface area contributed by atoms with Gasteiger partial charge < -0.3 is 20.5 Å². The van der Waals surface area contributed by atoms with Crippen molar-refractivity contribution >= 4 is 0 Å². The Morgan fingerprint density at radius 3 is 3.00 bits per heavy atom. The summed E-state index contributed by atoms with van der Waals surface area (Å²) in [6.45, 7) is 2.07. The molecule has 0 unspecified atom stereocenters. The second kappa shape index (κ2) is 4.11. The summed E-state index contributed by atoms with van der Waals surface area (Å²) in [6.07, 6.45) is 0.809. The smallest absolute Gasteiger partial charge is 0.293 e. The maximum atomic E-state index is 8.43. The van der Waals surface area contributed by atoms with Gasteiger partial charge in [-0.15, -0.1) is 0 Å². The van der Waals surface area contributed by atoms with E-state index in [4.69, 9.17) is 10.6 Å². The molecule has 0 fully saturated rings. The second-order valence-corrected chi connectivity index (χ2v) is 1.02. The van der Waals surface area contributed by atoms with Crippen LogP contribution in [0.2, 0.25) is 0 Å². The van der Waals surface area contributed by atoms with Crippen LogP contribution >= 0.6 is 0 Å². The Labute approximate surface area is 47.3 Å². The van der Waals surface area contributed by atoms with Gasteiger partial charge in [0.25, 0.3) is 5.95 Å². The Bertz CT molecular complexity index is 100. The van der Waals surface area contributed by atoms with Crippen LogP contribution in [-0.2, 0) is 4.74 Å². The summed E-state index contributed by atoms with van der Waals surface area (Å²) in [5, 5.41) is 11.0. The van der Waals surface area contributed by atoms with Gasteiger partial charge in [-0.05, 0) is 6.92 Å². The molecule has 46 valence electrons. The molecule has 0 spiro atoms. The SMILES string of the molecule is CCO/C(O)=C\N=[N-]. The van der Waals surface area contributed by atoms with Gasteiger partial charge in [-0.3, -0.25) is 0 Å². The van der Waals surface area contributed by atoms with Crippen molar-refractivity contribution in [2.75, 3.05) is 6.61 Å². The van der Waals surface area contributed by atoms with E-state index >= 15 is 0 Å². The summed E-state index contributed by atoms with van der Waals surface area (Å²) in [5.74, 6) is -0.380. The van der Waals surface area contributed by atoms with Crippen LogP contribution in [0.4, 0.5) is 0 Å². The summed E-state index contributed by atoms with van der Waals surface area (Å²) in [5.41, 5.74) is 7.77. The highest BCUT2D eigenvalue weighted by molar-refractivity contribution is 4.77. The van der Waals surface area contributed by atoms with E-state index in [0.717, 1.165) is 6.20 Å². The van der Waals surface area contributed by atoms with Crippen LogP contribution < -0.4 is 0 Å². The van der Waals surface area contributed by atoms with Gasteiger partial charge in [-0.2, -0.15) is 0 Å². The topological polar surface area (TPSA) is 64.1 Å². The number of hydrogen-bond acceptors (Lipinski definition) is 3. The molecule has 0 saturated carbocycles. The molecule has 8 heavy (non-hydrogen) atoms. The van der Waals surface area contributed by atoms with Gasteiger partial charge in [0.1, 0.15) is 0 Å². The number of aliphatic hydroxyl groups is 1. The molecule has 0 aliphatic heterocycles. The lowest BCUT2D eigenvalue weighted by molar-refractivity contribution is 0.101. The van der Waals surface area contributed by atoms with E-state index in [1.807, 2.05) is 0 Å². The first-order valence-corrected chi connectivity index (χ1v) is 2.17. The second-order valence-electron chi connectivity index (χ2n) is 1.02. The van der Waals surface area contributed by atoms with E-state index in [1.54, 1.807) is 6.92 Å². The molecule has 0 atom stereocenters. The number of nitrogens with zero attached hydrogens (tertiary/aromatic N) is 2. The van der Waals surface area contributed by atoms with Crippen molar-refractivity contribution in [2.45, 2.75) is 6.92 Å². The fourth-order valence-corrected chi connectivity index (χ4v) is 0.235. The average molecular weight is 115 g/mol. The van der Waals surface area contributed by atoms with Crippen molar-refractivity contribution in [3.63, 3.8) is 0 Å². The van der Waals surface area contributed by atoms with E-state index < -0.39 is 0 Å². The van der Waals surface area contributed by atoms with E-state index in [2.05, 4.69) is 9.85 Å². The first-order valence-electron chi connectivity index (χ1n) is 2.17. The third-order valence-electron chi connectivity index (χ3n) is 0.460. The summed E-state index contributed by atoms with van der Waals surface area (Å²) in [7, 11) is 0. The van der Waals surface area contributed by atoms with Crippen LogP contribution in [0.5, 0.6) is 0 Å². The highest BCUT2D eigenvalue weighted by atomic mass is 16.6. The molecule has 0 bridgehead atoms. The number of hydrogen-bond donors (Lipinski definition) is 1. The van der Waals surface area contributed by atoms with E-state index in [0.29, 0.717) is 6.61 Å². The lowest BCUT2D eigenvalue weighted by Crippen LogP contribution is -1.87. The van der Waals surface area contributed by atoms with Crippen LogP contribution in [-0.4, -0.2) is 11.7 Å². The van der Waals surface area contributed by atoms with E-state index in [-0.39, 0.29) is 5.95 Å². The van der Waals surface area contributed by atoms with Crippen LogP contribution in [0.25, 0.3) is 5.53 Å². The third-order valence-corrected chi connectivity index (χ3v) is 0.460. The maximum absolute atomic E-state index is 8.43. The first kappa shape index (κ1) is 6.94. The Kier molecular flexibility index (Phi) is 3.56. The van der Waals surface area contributed by atoms with E-state index in [9.17, 15) is 0 Å². The molecule has 0 heterocycles. The van der Waals surface area contributed by atoms with Gasteiger partial charge >= 0.3 is 0 Å². The summed E-state index contributed by atoms with van der Waals surface area (Å²) < 4.78 is 4.45. The molecule has 0 aliphatic rings. The minimum absolute atomic E-state index is 0.359. The number of aliphatic hydroxyl groups excluding tert-OH is 1. The highest BCUT2D eigenvalue weighted by Gasteiger charge is 1.82. The van der Waals surface area contributed by atoms with Crippen LogP contribution in [0.3, 0.4) is 0 Å². The molecular formula is C4H7N2O2-. The Balaban J connectivity index is 3.44. The van der Waals surface area contributed by atoms with Gasteiger partial charge in [-0.25, -0.2) is 0 Å². The van der Waals surface area contributed by atoms with Crippen LogP contribution in [0.15, 0.2) is 17.3 Å². The summed E-state index contributed by atoms with van der Waals surface area (Å²) >= 11 is 0. The number of rotatable bonds is 3. The maximum Gasteiger partial charge on any atom is 0.293 e. The zero-order valence-corrected chi connectivity index (χ0v) is 4.53. The third kappa shape index (κ3) is 3.14. The zero-order valence-electron chi connectivity index (χ0n) is 4.53. The molecule has 0 aromatic rings. The first-order chi connectivity index (χ1) is 3.81. The van der Waals surface area contributed by atoms with Crippen molar-refractivity contribution in [1.29, 1.82) is 0 Å². The normalized spacial score (nSPS) is 10.9. The molecule has 0 aromatic carbocycles. The molecular weight excluding hydrogens is 108 g/mol. The fourth-order valence-electron chi connectivity index (χ4n) is 0.235. The molecule has 4 heteroatoms. The van der Waals surface area contributed by atoms with Gasteiger partial charge in [-0.1, -0.05) is 0 Å². The minimum Gasteiger partial charge on any atom is -0.707 e. The van der Waals surface area contributed by atoms with Crippen molar-refractivity contribution < 1.29 is 9.84 Å². The van der Waals surface area contributed by atoms with Gasteiger partial charge in [0, 0.05) is 0 Å². The van der Waals surface area contributed by atoms with Gasteiger partial charge in [0.15, 0.2) is 0 Å². The van der Waals surface area contributed by atoms with Crippen molar-refractivity contribution in [1.82, 2.24) is 0 Å². The Hall–Kier alpha value is -1.06. The molecule has 0 radical (unpaired) electrons. The zero-order chi connectivity index (χ0) is 6.41. The predicted octanol–water partition coefficient (Wildman–Crippen LogP) is 1.40. The molecule has 0 aromatic heterocycles. The molecule has 0 aliphatic carbocycles. The molecule has 1 N–H and O–H groups in total. The summed E-state index contributed by atoms with van der Waals surface area (Å²) in [6, 6.07) is 0. The fraction of sp³-hybridized carbons (Fsp3) is 0.500.